The third-order valence-corrected chi connectivity index (χ3v) is 5.75. The minimum absolute atomic E-state index is 0.0590. The van der Waals surface area contributed by atoms with Gasteiger partial charge in [0.15, 0.2) is 0 Å². The third-order valence-electron chi connectivity index (χ3n) is 4.44. The summed E-state index contributed by atoms with van der Waals surface area (Å²) in [6, 6.07) is 11.6. The number of benzene rings is 2. The molecule has 1 N–H and O–H groups in total. The molecule has 30 heavy (non-hydrogen) atoms. The molecule has 9 nitrogen and oxygen atoms in total. The molecule has 2 aromatic carbocycles. The molecule has 0 saturated heterocycles. The molecule has 10 heteroatoms. The number of anilines is 1. The molecule has 3 rings (SSSR count). The van der Waals surface area contributed by atoms with Gasteiger partial charge in [-0.25, -0.2) is 4.31 Å². The number of rotatable bonds is 6. The van der Waals surface area contributed by atoms with Crippen molar-refractivity contribution in [1.82, 2.24) is 4.31 Å². The molecule has 1 heterocycles. The van der Waals surface area contributed by atoms with Gasteiger partial charge in [0.1, 0.15) is 22.9 Å². The predicted octanol–water partition coefficient (Wildman–Crippen LogP) is 2.21. The van der Waals surface area contributed by atoms with E-state index >= 15 is 0 Å². The van der Waals surface area contributed by atoms with Gasteiger partial charge in [-0.15, -0.1) is 4.40 Å². The highest BCUT2D eigenvalue weighted by Gasteiger charge is 2.31. The largest absolute Gasteiger partial charge is 0.497 e. The zero-order chi connectivity index (χ0) is 21.9. The van der Waals surface area contributed by atoms with E-state index in [-0.39, 0.29) is 11.4 Å². The standard InChI is InChI=1S/C20H21N3O6S/c1-23-18(20(24)21-13-5-7-14(27-2)8-6-13)12-17(22-30(23,25)26)16-11-15(28-3)9-10-19(16)29-4/h5-12H,1-4H3,(H,21,24). The van der Waals surface area contributed by atoms with E-state index in [2.05, 4.69) is 9.71 Å². The minimum atomic E-state index is -4.12. The molecule has 0 unspecified atom stereocenters. The lowest BCUT2D eigenvalue weighted by molar-refractivity contribution is -0.113. The summed E-state index contributed by atoms with van der Waals surface area (Å²) in [5.74, 6) is 0.896. The molecule has 0 fully saturated rings. The van der Waals surface area contributed by atoms with Crippen molar-refractivity contribution in [3.05, 3.63) is 59.8 Å². The second-order valence-electron chi connectivity index (χ2n) is 6.20. The second kappa shape index (κ2) is 8.46. The van der Waals surface area contributed by atoms with Crippen LogP contribution in [0.1, 0.15) is 5.56 Å². The molecular formula is C20H21N3O6S. The topological polar surface area (TPSA) is 107 Å². The minimum Gasteiger partial charge on any atom is -0.497 e. The normalized spacial score (nSPS) is 15.0. The Hall–Kier alpha value is -3.53. The van der Waals surface area contributed by atoms with Crippen molar-refractivity contribution in [2.24, 2.45) is 4.40 Å². The summed E-state index contributed by atoms with van der Waals surface area (Å²) in [5.41, 5.74) is 0.822. The number of carbonyl (C=O) groups excluding carboxylic acids is 1. The van der Waals surface area contributed by atoms with Crippen molar-refractivity contribution in [2.45, 2.75) is 0 Å². The maximum absolute atomic E-state index is 12.8. The first kappa shape index (κ1) is 21.2. The van der Waals surface area contributed by atoms with Gasteiger partial charge in [0.25, 0.3) is 5.91 Å². The Morgan fingerprint density at radius 2 is 1.60 bits per heavy atom. The quantitative estimate of drug-likeness (QED) is 0.752. The van der Waals surface area contributed by atoms with Crippen LogP contribution < -0.4 is 19.5 Å². The lowest BCUT2D eigenvalue weighted by Crippen LogP contribution is -2.35. The number of nitrogens with zero attached hydrogens (tertiary/aromatic N) is 2. The molecule has 158 valence electrons. The van der Waals surface area contributed by atoms with Crippen LogP contribution in [0, 0.1) is 0 Å². The Labute approximate surface area is 174 Å². The Kier molecular flexibility index (Phi) is 5.97. The average molecular weight is 431 g/mol. The molecule has 0 aromatic heterocycles. The van der Waals surface area contributed by atoms with Gasteiger partial charge < -0.3 is 19.5 Å². The van der Waals surface area contributed by atoms with Crippen LogP contribution in [0.2, 0.25) is 0 Å². The number of ether oxygens (including phenoxy) is 3. The van der Waals surface area contributed by atoms with E-state index < -0.39 is 16.1 Å². The molecule has 0 saturated carbocycles. The molecule has 1 amide bonds. The molecule has 0 aliphatic carbocycles. The van der Waals surface area contributed by atoms with Crippen molar-refractivity contribution < 1.29 is 27.4 Å². The van der Waals surface area contributed by atoms with Gasteiger partial charge in [-0.05, 0) is 48.5 Å². The zero-order valence-electron chi connectivity index (χ0n) is 16.9. The summed E-state index contributed by atoms with van der Waals surface area (Å²) in [6.07, 6.45) is 1.39. The van der Waals surface area contributed by atoms with Gasteiger partial charge in [-0.1, -0.05) is 0 Å². The molecule has 0 radical (unpaired) electrons. The van der Waals surface area contributed by atoms with Gasteiger partial charge in [0, 0.05) is 18.3 Å². The first-order valence-corrected chi connectivity index (χ1v) is 10.2. The van der Waals surface area contributed by atoms with E-state index in [1.807, 2.05) is 0 Å². The Bertz CT molecular complexity index is 1120. The SMILES string of the molecule is COc1ccc(NC(=O)C2=CC(c3cc(OC)ccc3OC)=NS(=O)(=O)N2C)cc1. The maximum atomic E-state index is 12.8. The van der Waals surface area contributed by atoms with Crippen LogP contribution in [-0.2, 0) is 15.0 Å². The molecule has 1 aliphatic heterocycles. The van der Waals surface area contributed by atoms with E-state index in [1.54, 1.807) is 42.5 Å². The van der Waals surface area contributed by atoms with Crippen LogP contribution in [-0.4, -0.2) is 52.7 Å². The molecule has 0 bridgehead atoms. The van der Waals surface area contributed by atoms with Gasteiger partial charge in [-0.2, -0.15) is 8.42 Å². The molecule has 0 atom stereocenters. The molecule has 0 spiro atoms. The van der Waals surface area contributed by atoms with Crippen LogP contribution in [0.4, 0.5) is 5.69 Å². The lowest BCUT2D eigenvalue weighted by Gasteiger charge is -2.24. The van der Waals surface area contributed by atoms with Crippen molar-refractivity contribution in [3.63, 3.8) is 0 Å². The fourth-order valence-electron chi connectivity index (χ4n) is 2.78. The fraction of sp³-hybridized carbons (Fsp3) is 0.200. The van der Waals surface area contributed by atoms with E-state index in [9.17, 15) is 13.2 Å². The maximum Gasteiger partial charge on any atom is 0.345 e. The van der Waals surface area contributed by atoms with E-state index in [0.29, 0.717) is 28.5 Å². The first-order valence-electron chi connectivity index (χ1n) is 8.77. The van der Waals surface area contributed by atoms with E-state index in [0.717, 1.165) is 4.31 Å². The highest BCUT2D eigenvalue weighted by Crippen LogP contribution is 2.29. The second-order valence-corrected chi connectivity index (χ2v) is 7.83. The van der Waals surface area contributed by atoms with Crippen LogP contribution in [0.25, 0.3) is 0 Å². The first-order chi connectivity index (χ1) is 14.3. The van der Waals surface area contributed by atoms with E-state index in [1.165, 1.54) is 34.5 Å². The van der Waals surface area contributed by atoms with Crippen molar-refractivity contribution in [3.8, 4) is 17.2 Å². The Balaban J connectivity index is 2.01. The molecule has 2 aromatic rings. The van der Waals surface area contributed by atoms with Crippen molar-refractivity contribution in [1.29, 1.82) is 0 Å². The van der Waals surface area contributed by atoms with E-state index in [4.69, 9.17) is 14.2 Å². The summed E-state index contributed by atoms with van der Waals surface area (Å²) in [4.78, 5) is 12.8. The number of carbonyl (C=O) groups is 1. The molecule has 1 aliphatic rings. The Morgan fingerprint density at radius 3 is 2.20 bits per heavy atom. The Morgan fingerprint density at radius 1 is 0.967 bits per heavy atom. The van der Waals surface area contributed by atoms with Crippen LogP contribution >= 0.6 is 0 Å². The van der Waals surface area contributed by atoms with Crippen molar-refractivity contribution in [2.75, 3.05) is 33.7 Å². The summed E-state index contributed by atoms with van der Waals surface area (Å²) < 4.78 is 45.5. The predicted molar refractivity (Wildman–Crippen MR) is 112 cm³/mol. The number of hydrogen-bond acceptors (Lipinski definition) is 6. The van der Waals surface area contributed by atoms with Gasteiger partial charge in [-0.3, -0.25) is 4.79 Å². The number of hydrogen-bond donors (Lipinski definition) is 1. The summed E-state index contributed by atoms with van der Waals surface area (Å²) in [5, 5.41) is 2.67. The number of likely N-dealkylation sites (N-methyl/N-ethyl adjacent to an activating group) is 1. The smallest absolute Gasteiger partial charge is 0.345 e. The summed E-state index contributed by atoms with van der Waals surface area (Å²) >= 11 is 0. The lowest BCUT2D eigenvalue weighted by atomic mass is 10.1. The average Bonchev–Trinajstić information content (AvgIpc) is 2.75. The van der Waals surface area contributed by atoms with Gasteiger partial charge in [0.2, 0.25) is 0 Å². The zero-order valence-corrected chi connectivity index (χ0v) is 17.7. The molecular weight excluding hydrogens is 410 g/mol. The van der Waals surface area contributed by atoms with Gasteiger partial charge in [0.05, 0.1) is 27.0 Å². The van der Waals surface area contributed by atoms with Crippen LogP contribution in [0.3, 0.4) is 0 Å². The summed E-state index contributed by atoms with van der Waals surface area (Å²) in [6.45, 7) is 0. The third kappa shape index (κ3) is 4.23. The highest BCUT2D eigenvalue weighted by molar-refractivity contribution is 7.88. The number of allylic oxidation sites excluding steroid dienone is 1. The van der Waals surface area contributed by atoms with Crippen LogP contribution in [0.5, 0.6) is 17.2 Å². The highest BCUT2D eigenvalue weighted by atomic mass is 32.2. The summed E-state index contributed by atoms with van der Waals surface area (Å²) in [7, 11) is 1.62. The van der Waals surface area contributed by atoms with Crippen molar-refractivity contribution >= 4 is 27.5 Å². The number of amides is 1. The van der Waals surface area contributed by atoms with Crippen LogP contribution in [0.15, 0.2) is 58.6 Å². The fourth-order valence-corrected chi connectivity index (χ4v) is 3.68. The number of nitrogens with one attached hydrogen (secondary N) is 1. The monoisotopic (exact) mass is 431 g/mol. The number of methoxy groups -OCH3 is 3. The van der Waals surface area contributed by atoms with Gasteiger partial charge >= 0.3 is 10.2 Å².